The molecule has 3 rings (SSSR count). The molecule has 1 nitrogen and oxygen atoms in total. The van der Waals surface area contributed by atoms with Gasteiger partial charge < -0.3 is 4.90 Å². The van der Waals surface area contributed by atoms with E-state index in [0.717, 1.165) is 13.0 Å². The zero-order valence-corrected chi connectivity index (χ0v) is 10.7. The first-order chi connectivity index (χ1) is 8.78. The smallest absolute Gasteiger partial charge is 0.0444 e. The van der Waals surface area contributed by atoms with Crippen LogP contribution in [0.25, 0.3) is 6.08 Å². The monoisotopic (exact) mass is 235 g/mol. The molecule has 0 unspecified atom stereocenters. The van der Waals surface area contributed by atoms with Crippen molar-refractivity contribution in [2.45, 2.75) is 13.3 Å². The Balaban J connectivity index is 1.97. The lowest BCUT2D eigenvalue weighted by Crippen LogP contribution is -2.12. The van der Waals surface area contributed by atoms with Gasteiger partial charge >= 0.3 is 0 Å². The van der Waals surface area contributed by atoms with Gasteiger partial charge in [0.15, 0.2) is 0 Å². The summed E-state index contributed by atoms with van der Waals surface area (Å²) in [6.07, 6.45) is 3.02. The summed E-state index contributed by atoms with van der Waals surface area (Å²) in [6.45, 7) is 7.02. The highest BCUT2D eigenvalue weighted by Crippen LogP contribution is 2.34. The van der Waals surface area contributed by atoms with Crippen LogP contribution in [0.2, 0.25) is 0 Å². The number of benzene rings is 2. The molecule has 0 bridgehead atoms. The summed E-state index contributed by atoms with van der Waals surface area (Å²) in [5, 5.41) is 0. The molecule has 0 amide bonds. The third kappa shape index (κ3) is 1.82. The summed E-state index contributed by atoms with van der Waals surface area (Å²) < 4.78 is 0. The minimum absolute atomic E-state index is 1.08. The van der Waals surface area contributed by atoms with Crippen LogP contribution in [0.15, 0.2) is 49.0 Å². The van der Waals surface area contributed by atoms with E-state index in [4.69, 9.17) is 0 Å². The van der Waals surface area contributed by atoms with E-state index in [0.29, 0.717) is 0 Å². The minimum Gasteiger partial charge on any atom is -0.341 e. The molecule has 2 aromatic carbocycles. The fourth-order valence-electron chi connectivity index (χ4n) is 2.59. The first kappa shape index (κ1) is 11.1. The lowest BCUT2D eigenvalue weighted by Gasteiger charge is -2.19. The molecule has 0 atom stereocenters. The van der Waals surface area contributed by atoms with Crippen molar-refractivity contribution in [3.05, 3.63) is 65.7 Å². The summed E-state index contributed by atoms with van der Waals surface area (Å²) in [6, 6.07) is 15.3. The number of aryl methyl sites for hydroxylation is 1. The average Bonchev–Trinajstić information content (AvgIpc) is 2.81. The van der Waals surface area contributed by atoms with Crippen LogP contribution < -0.4 is 4.90 Å². The first-order valence-corrected chi connectivity index (χ1v) is 6.37. The number of hydrogen-bond acceptors (Lipinski definition) is 1. The number of hydrogen-bond donors (Lipinski definition) is 0. The molecule has 1 aliphatic heterocycles. The van der Waals surface area contributed by atoms with Gasteiger partial charge in [0.1, 0.15) is 0 Å². The van der Waals surface area contributed by atoms with Crippen molar-refractivity contribution < 1.29 is 0 Å². The Bertz CT molecular complexity index is 581. The van der Waals surface area contributed by atoms with Crippen molar-refractivity contribution >= 4 is 17.5 Å². The molecule has 1 heterocycles. The van der Waals surface area contributed by atoms with E-state index in [9.17, 15) is 0 Å². The molecule has 0 radical (unpaired) electrons. The molecule has 18 heavy (non-hydrogen) atoms. The molecule has 0 spiro atoms. The molecular formula is C17H17N. The quantitative estimate of drug-likeness (QED) is 0.748. The summed E-state index contributed by atoms with van der Waals surface area (Å²) in [4.78, 5) is 2.39. The van der Waals surface area contributed by atoms with Crippen LogP contribution in [0.5, 0.6) is 0 Å². The van der Waals surface area contributed by atoms with Crippen molar-refractivity contribution in [2.75, 3.05) is 11.4 Å². The van der Waals surface area contributed by atoms with E-state index in [-0.39, 0.29) is 0 Å². The molecule has 0 saturated heterocycles. The maximum Gasteiger partial charge on any atom is 0.0444 e. The number of rotatable bonds is 2. The topological polar surface area (TPSA) is 3.24 Å². The zero-order valence-electron chi connectivity index (χ0n) is 10.7. The second-order valence-electron chi connectivity index (χ2n) is 4.83. The minimum atomic E-state index is 1.08. The van der Waals surface area contributed by atoms with Crippen molar-refractivity contribution in [2.24, 2.45) is 0 Å². The largest absolute Gasteiger partial charge is 0.341 e. The summed E-state index contributed by atoms with van der Waals surface area (Å²) >= 11 is 0. The summed E-state index contributed by atoms with van der Waals surface area (Å²) in [7, 11) is 0. The first-order valence-electron chi connectivity index (χ1n) is 6.37. The molecule has 0 aliphatic carbocycles. The number of anilines is 2. The van der Waals surface area contributed by atoms with Gasteiger partial charge in [-0.25, -0.2) is 0 Å². The van der Waals surface area contributed by atoms with Gasteiger partial charge in [-0.15, -0.1) is 0 Å². The van der Waals surface area contributed by atoms with Crippen LogP contribution in [0.3, 0.4) is 0 Å². The standard InChI is InChI=1S/C17H17N/c1-3-14-5-7-16(8-6-14)18-11-10-15-12-13(2)4-9-17(15)18/h3-9,12H,1,10-11H2,2H3. The van der Waals surface area contributed by atoms with Crippen LogP contribution in [0, 0.1) is 6.92 Å². The second kappa shape index (κ2) is 4.34. The SMILES string of the molecule is C=Cc1ccc(N2CCc3cc(C)ccc32)cc1. The van der Waals surface area contributed by atoms with Gasteiger partial charge in [-0.05, 0) is 42.7 Å². The van der Waals surface area contributed by atoms with Gasteiger partial charge in [-0.3, -0.25) is 0 Å². The fourth-order valence-corrected chi connectivity index (χ4v) is 2.59. The van der Waals surface area contributed by atoms with Gasteiger partial charge in [0.2, 0.25) is 0 Å². The Labute approximate surface area is 108 Å². The summed E-state index contributed by atoms with van der Waals surface area (Å²) in [5.74, 6) is 0. The van der Waals surface area contributed by atoms with E-state index in [1.165, 1.54) is 28.1 Å². The molecule has 2 aromatic rings. The van der Waals surface area contributed by atoms with E-state index in [1.807, 2.05) is 6.08 Å². The van der Waals surface area contributed by atoms with Gasteiger partial charge in [0.05, 0.1) is 0 Å². The molecule has 0 N–H and O–H groups in total. The Morgan fingerprint density at radius 3 is 2.61 bits per heavy atom. The number of nitrogens with zero attached hydrogens (tertiary/aromatic N) is 1. The van der Waals surface area contributed by atoms with Crippen LogP contribution in [-0.2, 0) is 6.42 Å². The highest BCUT2D eigenvalue weighted by atomic mass is 15.2. The second-order valence-corrected chi connectivity index (χ2v) is 4.83. The van der Waals surface area contributed by atoms with Gasteiger partial charge in [-0.2, -0.15) is 0 Å². The van der Waals surface area contributed by atoms with Crippen LogP contribution in [0.1, 0.15) is 16.7 Å². The van der Waals surface area contributed by atoms with Gasteiger partial charge in [-0.1, -0.05) is 42.5 Å². The fraction of sp³-hybridized carbons (Fsp3) is 0.176. The molecule has 0 saturated carbocycles. The van der Waals surface area contributed by atoms with Crippen LogP contribution in [-0.4, -0.2) is 6.54 Å². The van der Waals surface area contributed by atoms with Crippen molar-refractivity contribution in [3.8, 4) is 0 Å². The molecular weight excluding hydrogens is 218 g/mol. The molecule has 0 fully saturated rings. The lowest BCUT2D eigenvalue weighted by atomic mass is 10.1. The van der Waals surface area contributed by atoms with E-state index < -0.39 is 0 Å². The Hall–Kier alpha value is -2.02. The highest BCUT2D eigenvalue weighted by Gasteiger charge is 2.19. The van der Waals surface area contributed by atoms with Crippen molar-refractivity contribution in [3.63, 3.8) is 0 Å². The third-order valence-corrected chi connectivity index (χ3v) is 3.57. The van der Waals surface area contributed by atoms with Crippen LogP contribution in [0.4, 0.5) is 11.4 Å². The highest BCUT2D eigenvalue weighted by molar-refractivity contribution is 5.71. The van der Waals surface area contributed by atoms with Gasteiger partial charge in [0.25, 0.3) is 0 Å². The molecule has 1 heteroatoms. The third-order valence-electron chi connectivity index (χ3n) is 3.57. The Morgan fingerprint density at radius 2 is 1.89 bits per heavy atom. The van der Waals surface area contributed by atoms with E-state index in [1.54, 1.807) is 0 Å². The molecule has 0 aromatic heterocycles. The summed E-state index contributed by atoms with van der Waals surface area (Å²) in [5.41, 5.74) is 6.60. The zero-order chi connectivity index (χ0) is 12.5. The predicted molar refractivity (Wildman–Crippen MR) is 78.4 cm³/mol. The lowest BCUT2D eigenvalue weighted by molar-refractivity contribution is 0.998. The molecule has 90 valence electrons. The maximum absolute atomic E-state index is 3.79. The van der Waals surface area contributed by atoms with E-state index >= 15 is 0 Å². The Morgan fingerprint density at radius 1 is 1.11 bits per heavy atom. The predicted octanol–water partition coefficient (Wildman–Crippen LogP) is 4.33. The van der Waals surface area contributed by atoms with Gasteiger partial charge in [0, 0.05) is 17.9 Å². The van der Waals surface area contributed by atoms with E-state index in [2.05, 4.69) is 60.9 Å². The average molecular weight is 235 g/mol. The van der Waals surface area contributed by atoms with Crippen LogP contribution >= 0.6 is 0 Å². The number of fused-ring (bicyclic) bond motifs is 1. The molecule has 1 aliphatic rings. The normalized spacial score (nSPS) is 13.5. The maximum atomic E-state index is 3.79. The Kier molecular flexibility index (Phi) is 2.67. The van der Waals surface area contributed by atoms with Crippen molar-refractivity contribution in [1.82, 2.24) is 0 Å². The van der Waals surface area contributed by atoms with Crippen molar-refractivity contribution in [1.29, 1.82) is 0 Å².